The molecular formula is C8H13N3O6S. The molecule has 0 aromatic rings. The van der Waals surface area contributed by atoms with E-state index in [1.54, 1.807) is 11.6 Å². The van der Waals surface area contributed by atoms with Crippen LogP contribution in [-0.2, 0) is 24.5 Å². The van der Waals surface area contributed by atoms with Crippen molar-refractivity contribution in [2.75, 3.05) is 13.7 Å². The zero-order valence-corrected chi connectivity index (χ0v) is 10.6. The Hall–Kier alpha value is -1.68. The Bertz CT molecular complexity index is 473. The SMILES string of the molecule is CCC1C(=O)NC(=O)CN1S(=O)(=O)NC(=O)OC. The van der Waals surface area contributed by atoms with Crippen LogP contribution in [-0.4, -0.2) is 50.3 Å². The van der Waals surface area contributed by atoms with Gasteiger partial charge >= 0.3 is 16.3 Å². The highest BCUT2D eigenvalue weighted by atomic mass is 32.2. The smallest absolute Gasteiger partial charge is 0.421 e. The van der Waals surface area contributed by atoms with Gasteiger partial charge in [0, 0.05) is 0 Å². The largest absolute Gasteiger partial charge is 0.452 e. The van der Waals surface area contributed by atoms with Crippen LogP contribution in [0.5, 0.6) is 0 Å². The number of nitrogens with zero attached hydrogens (tertiary/aromatic N) is 1. The van der Waals surface area contributed by atoms with E-state index in [1.165, 1.54) is 0 Å². The van der Waals surface area contributed by atoms with Crippen molar-refractivity contribution >= 4 is 28.1 Å². The van der Waals surface area contributed by atoms with E-state index in [-0.39, 0.29) is 6.42 Å². The summed E-state index contributed by atoms with van der Waals surface area (Å²) < 4.78 is 30.0. The second-order valence-electron chi connectivity index (χ2n) is 3.48. The second kappa shape index (κ2) is 5.31. The normalized spacial score (nSPS) is 21.3. The van der Waals surface area contributed by atoms with Crippen LogP contribution in [0.1, 0.15) is 13.3 Å². The minimum absolute atomic E-state index is 0.168. The van der Waals surface area contributed by atoms with E-state index in [0.29, 0.717) is 4.31 Å². The molecule has 0 aliphatic carbocycles. The number of rotatable bonds is 3. The summed E-state index contributed by atoms with van der Waals surface area (Å²) in [5.41, 5.74) is 0. The van der Waals surface area contributed by atoms with Gasteiger partial charge in [0.05, 0.1) is 13.7 Å². The molecule has 10 heteroatoms. The Morgan fingerprint density at radius 1 is 1.56 bits per heavy atom. The van der Waals surface area contributed by atoms with Crippen LogP contribution in [0.15, 0.2) is 0 Å². The van der Waals surface area contributed by atoms with Crippen molar-refractivity contribution < 1.29 is 27.5 Å². The summed E-state index contributed by atoms with van der Waals surface area (Å²) in [4.78, 5) is 33.5. The topological polar surface area (TPSA) is 122 Å². The Morgan fingerprint density at radius 3 is 2.67 bits per heavy atom. The first-order valence-corrected chi connectivity index (χ1v) is 6.47. The lowest BCUT2D eigenvalue weighted by Crippen LogP contribution is -2.61. The van der Waals surface area contributed by atoms with Crippen molar-refractivity contribution in [2.24, 2.45) is 0 Å². The van der Waals surface area contributed by atoms with E-state index in [1.807, 2.05) is 5.32 Å². The highest BCUT2D eigenvalue weighted by molar-refractivity contribution is 7.87. The molecule has 1 rings (SSSR count). The molecule has 1 atom stereocenters. The summed E-state index contributed by atoms with van der Waals surface area (Å²) in [6.07, 6.45) is -1.02. The zero-order valence-electron chi connectivity index (χ0n) is 9.80. The number of nitrogens with one attached hydrogen (secondary N) is 2. The Morgan fingerprint density at radius 2 is 2.17 bits per heavy atom. The molecule has 1 unspecified atom stereocenters. The lowest BCUT2D eigenvalue weighted by molar-refractivity contribution is -0.137. The molecule has 3 amide bonds. The van der Waals surface area contributed by atoms with Gasteiger partial charge < -0.3 is 4.74 Å². The Balaban J connectivity index is 3.00. The molecule has 1 aliphatic heterocycles. The predicted molar refractivity (Wildman–Crippen MR) is 58.4 cm³/mol. The van der Waals surface area contributed by atoms with E-state index in [0.717, 1.165) is 7.11 Å². The van der Waals surface area contributed by atoms with E-state index < -0.39 is 40.7 Å². The minimum atomic E-state index is -4.29. The molecule has 1 fully saturated rings. The lowest BCUT2D eigenvalue weighted by atomic mass is 10.2. The van der Waals surface area contributed by atoms with E-state index >= 15 is 0 Å². The van der Waals surface area contributed by atoms with E-state index in [4.69, 9.17) is 0 Å². The van der Waals surface area contributed by atoms with Crippen molar-refractivity contribution in [3.63, 3.8) is 0 Å². The molecule has 18 heavy (non-hydrogen) atoms. The van der Waals surface area contributed by atoms with Crippen LogP contribution >= 0.6 is 0 Å². The Labute approximate surface area is 104 Å². The molecule has 0 saturated carbocycles. The average molecular weight is 279 g/mol. The fourth-order valence-corrected chi connectivity index (χ4v) is 2.77. The first kappa shape index (κ1) is 14.4. The van der Waals surface area contributed by atoms with Crippen molar-refractivity contribution in [3.8, 4) is 0 Å². The third kappa shape index (κ3) is 2.96. The van der Waals surface area contributed by atoms with Gasteiger partial charge in [-0.25, -0.2) is 9.52 Å². The molecule has 0 aromatic carbocycles. The summed E-state index contributed by atoms with van der Waals surface area (Å²) >= 11 is 0. The highest BCUT2D eigenvalue weighted by Crippen LogP contribution is 2.13. The molecule has 1 aliphatic rings. The van der Waals surface area contributed by atoms with Crippen molar-refractivity contribution in [1.29, 1.82) is 0 Å². The molecular weight excluding hydrogens is 266 g/mol. The molecule has 9 nitrogen and oxygen atoms in total. The van der Waals surface area contributed by atoms with Gasteiger partial charge in [-0.2, -0.15) is 12.7 Å². The van der Waals surface area contributed by atoms with Gasteiger partial charge in [-0.15, -0.1) is 0 Å². The summed E-state index contributed by atoms with van der Waals surface area (Å²) in [7, 11) is -3.30. The maximum absolute atomic E-state index is 11.8. The number of hydrogen-bond acceptors (Lipinski definition) is 6. The number of carbonyl (C=O) groups is 3. The molecule has 0 aromatic heterocycles. The van der Waals surface area contributed by atoms with Gasteiger partial charge in [0.1, 0.15) is 6.04 Å². The maximum Gasteiger partial charge on any atom is 0.421 e. The van der Waals surface area contributed by atoms with Gasteiger partial charge in [0.15, 0.2) is 0 Å². The number of amides is 3. The van der Waals surface area contributed by atoms with Crippen LogP contribution in [0.2, 0.25) is 0 Å². The highest BCUT2D eigenvalue weighted by Gasteiger charge is 2.40. The average Bonchev–Trinajstić information content (AvgIpc) is 2.27. The number of piperazine rings is 1. The van der Waals surface area contributed by atoms with Gasteiger partial charge in [0.2, 0.25) is 11.8 Å². The number of hydrogen-bond donors (Lipinski definition) is 2. The first-order valence-electron chi connectivity index (χ1n) is 5.03. The van der Waals surface area contributed by atoms with Crippen LogP contribution in [0, 0.1) is 0 Å². The van der Waals surface area contributed by atoms with Gasteiger partial charge in [0.25, 0.3) is 0 Å². The first-order chi connectivity index (χ1) is 8.31. The fraction of sp³-hybridized carbons (Fsp3) is 0.625. The molecule has 0 spiro atoms. The monoisotopic (exact) mass is 279 g/mol. The third-order valence-electron chi connectivity index (χ3n) is 2.31. The zero-order chi connectivity index (χ0) is 13.9. The number of ether oxygens (including phenoxy) is 1. The quantitative estimate of drug-likeness (QED) is 0.595. The summed E-state index contributed by atoms with van der Waals surface area (Å²) in [5, 5.41) is 2.02. The van der Waals surface area contributed by atoms with Crippen LogP contribution in [0.4, 0.5) is 4.79 Å². The molecule has 2 N–H and O–H groups in total. The fourth-order valence-electron chi connectivity index (χ4n) is 1.49. The molecule has 102 valence electrons. The molecule has 0 bridgehead atoms. The summed E-state index contributed by atoms with van der Waals surface area (Å²) in [6, 6.07) is -1.04. The number of imide groups is 1. The number of methoxy groups -OCH3 is 1. The molecule has 1 saturated heterocycles. The second-order valence-corrected chi connectivity index (χ2v) is 5.10. The van der Waals surface area contributed by atoms with Crippen molar-refractivity contribution in [3.05, 3.63) is 0 Å². The van der Waals surface area contributed by atoms with Crippen LogP contribution in [0.3, 0.4) is 0 Å². The van der Waals surface area contributed by atoms with E-state index in [2.05, 4.69) is 4.74 Å². The Kier molecular flexibility index (Phi) is 4.24. The van der Waals surface area contributed by atoms with E-state index in [9.17, 15) is 22.8 Å². The number of carbonyl (C=O) groups excluding carboxylic acids is 3. The van der Waals surface area contributed by atoms with Gasteiger partial charge in [-0.1, -0.05) is 6.92 Å². The van der Waals surface area contributed by atoms with Crippen molar-refractivity contribution in [1.82, 2.24) is 14.3 Å². The molecule has 1 heterocycles. The molecule has 0 radical (unpaired) electrons. The van der Waals surface area contributed by atoms with Gasteiger partial charge in [-0.3, -0.25) is 14.9 Å². The maximum atomic E-state index is 11.8. The van der Waals surface area contributed by atoms with Crippen LogP contribution < -0.4 is 10.0 Å². The van der Waals surface area contributed by atoms with Crippen LogP contribution in [0.25, 0.3) is 0 Å². The summed E-state index contributed by atoms with van der Waals surface area (Å²) in [5.74, 6) is -1.47. The van der Waals surface area contributed by atoms with Crippen molar-refractivity contribution in [2.45, 2.75) is 19.4 Å². The van der Waals surface area contributed by atoms with Gasteiger partial charge in [-0.05, 0) is 6.42 Å². The third-order valence-corrected chi connectivity index (χ3v) is 3.73. The standard InChI is InChI=1S/C8H13N3O6S/c1-3-5-7(13)9-6(12)4-11(5)18(15,16)10-8(14)17-2/h5H,3-4H2,1-2H3,(H,10,14)(H,9,12,13). The summed E-state index contributed by atoms with van der Waals surface area (Å²) in [6.45, 7) is 1.05. The minimum Gasteiger partial charge on any atom is -0.452 e. The predicted octanol–water partition coefficient (Wildman–Crippen LogP) is -1.68. The lowest BCUT2D eigenvalue weighted by Gasteiger charge is -2.31.